The minimum atomic E-state index is -0.133. The van der Waals surface area contributed by atoms with Gasteiger partial charge >= 0.3 is 0 Å². The van der Waals surface area contributed by atoms with Crippen LogP contribution in [-0.2, 0) is 4.79 Å². The second-order valence-corrected chi connectivity index (χ2v) is 9.52. The molecule has 0 heterocycles. The number of aliphatic hydroxyl groups excluding tert-OH is 1. The van der Waals surface area contributed by atoms with Gasteiger partial charge in [-0.25, -0.2) is 0 Å². The molecule has 0 unspecified atom stereocenters. The summed E-state index contributed by atoms with van der Waals surface area (Å²) in [7, 11) is 0. The van der Waals surface area contributed by atoms with E-state index >= 15 is 0 Å². The van der Waals surface area contributed by atoms with Crippen LogP contribution in [-0.4, -0.2) is 17.0 Å². The molecule has 1 N–H and O–H groups in total. The van der Waals surface area contributed by atoms with Crippen molar-refractivity contribution < 1.29 is 9.90 Å². The number of ketones is 1. The lowest BCUT2D eigenvalue weighted by molar-refractivity contribution is -0.115. The van der Waals surface area contributed by atoms with Crippen LogP contribution < -0.4 is 0 Å². The molecule has 0 saturated heterocycles. The van der Waals surface area contributed by atoms with Gasteiger partial charge in [0, 0.05) is 0 Å². The first-order chi connectivity index (χ1) is 11.3. The number of Topliss-reactive ketones (excluding diaryl/α,β-unsaturated/α-hetero) is 1. The van der Waals surface area contributed by atoms with E-state index in [0.29, 0.717) is 11.8 Å². The summed E-state index contributed by atoms with van der Waals surface area (Å²) in [5.74, 6) is 2.37. The van der Waals surface area contributed by atoms with E-state index in [9.17, 15) is 9.90 Å². The fraction of sp³-hybridized carbons (Fsp3) is 0.773. The Labute approximate surface area is 146 Å². The van der Waals surface area contributed by atoms with Gasteiger partial charge in [-0.1, -0.05) is 31.1 Å². The molecule has 0 radical (unpaired) electrons. The first kappa shape index (κ1) is 16.6. The molecule has 2 fully saturated rings. The first-order valence-corrected chi connectivity index (χ1v) is 9.86. The minimum Gasteiger partial charge on any atom is -0.393 e. The van der Waals surface area contributed by atoms with Gasteiger partial charge < -0.3 is 5.11 Å². The third kappa shape index (κ3) is 2.08. The number of carbonyl (C=O) groups is 1. The zero-order valence-corrected chi connectivity index (χ0v) is 15.7. The third-order valence-electron chi connectivity index (χ3n) is 8.40. The van der Waals surface area contributed by atoms with E-state index in [1.165, 1.54) is 18.4 Å². The van der Waals surface area contributed by atoms with Gasteiger partial charge in [0.2, 0.25) is 0 Å². The fourth-order valence-corrected chi connectivity index (χ4v) is 7.21. The Morgan fingerprint density at radius 2 is 1.83 bits per heavy atom. The summed E-state index contributed by atoms with van der Waals surface area (Å²) < 4.78 is 0. The maximum Gasteiger partial charge on any atom is 0.156 e. The summed E-state index contributed by atoms with van der Waals surface area (Å²) in [5, 5.41) is 10.2. The van der Waals surface area contributed by atoms with Crippen molar-refractivity contribution in [1.82, 2.24) is 0 Å². The van der Waals surface area contributed by atoms with Gasteiger partial charge in [-0.15, -0.1) is 0 Å². The standard InChI is InChI=1S/C22H32O2/c1-13-11-16-18-6-5-17(14(2)23)21(18,3)10-8-19(16)22(4)9-7-15(24)12-20(13)22/h5,15-16,18-19,24H,6-12H2,1-4H3/t15-,16+,18+,19+,21-,22+/m0/s1. The predicted molar refractivity (Wildman–Crippen MR) is 96.5 cm³/mol. The SMILES string of the molecule is CC(=O)C1=CC[C@@H]2[C@H]3CC(C)=C4C[C@@H](O)CC[C@]4(C)[C@@H]3CC[C@@]12C. The number of aliphatic hydroxyl groups is 1. The van der Waals surface area contributed by atoms with Gasteiger partial charge in [-0.05, 0) is 93.0 Å². The zero-order valence-electron chi connectivity index (χ0n) is 15.7. The molecule has 6 atom stereocenters. The molecule has 24 heavy (non-hydrogen) atoms. The number of hydrogen-bond donors (Lipinski definition) is 1. The van der Waals surface area contributed by atoms with Crippen molar-refractivity contribution in [3.8, 4) is 0 Å². The smallest absolute Gasteiger partial charge is 0.156 e. The van der Waals surface area contributed by atoms with Crippen LogP contribution in [0, 0.1) is 28.6 Å². The summed E-state index contributed by atoms with van der Waals surface area (Å²) in [6.07, 6.45) is 9.79. The average Bonchev–Trinajstić information content (AvgIpc) is 2.87. The lowest BCUT2D eigenvalue weighted by Gasteiger charge is -2.58. The Kier molecular flexibility index (Phi) is 3.66. The molecular formula is C22H32O2. The lowest BCUT2D eigenvalue weighted by Crippen LogP contribution is -2.51. The maximum absolute atomic E-state index is 12.2. The van der Waals surface area contributed by atoms with Crippen molar-refractivity contribution in [2.24, 2.45) is 28.6 Å². The average molecular weight is 328 g/mol. The Balaban J connectivity index is 1.71. The molecule has 2 nitrogen and oxygen atoms in total. The van der Waals surface area contributed by atoms with E-state index in [0.717, 1.165) is 43.6 Å². The largest absolute Gasteiger partial charge is 0.393 e. The topological polar surface area (TPSA) is 37.3 Å². The normalized spacial score (nSPS) is 47.6. The monoisotopic (exact) mass is 328 g/mol. The van der Waals surface area contributed by atoms with E-state index in [4.69, 9.17) is 0 Å². The van der Waals surface area contributed by atoms with Crippen LogP contribution in [0.2, 0.25) is 0 Å². The summed E-state index contributed by atoms with van der Waals surface area (Å²) >= 11 is 0. The van der Waals surface area contributed by atoms with Crippen molar-refractivity contribution in [2.75, 3.05) is 0 Å². The molecule has 0 aliphatic heterocycles. The molecule has 2 heteroatoms. The summed E-state index contributed by atoms with van der Waals surface area (Å²) in [6.45, 7) is 8.89. The molecule has 0 aromatic rings. The highest BCUT2D eigenvalue weighted by Crippen LogP contribution is 2.66. The van der Waals surface area contributed by atoms with Gasteiger partial charge in [0.25, 0.3) is 0 Å². The number of carbonyl (C=O) groups excluding carboxylic acids is 1. The van der Waals surface area contributed by atoms with E-state index in [1.807, 2.05) is 0 Å². The van der Waals surface area contributed by atoms with Gasteiger partial charge in [0.05, 0.1) is 6.10 Å². The summed E-state index contributed by atoms with van der Waals surface area (Å²) in [6, 6.07) is 0. The minimum absolute atomic E-state index is 0.106. The highest BCUT2D eigenvalue weighted by molar-refractivity contribution is 5.95. The number of hydrogen-bond acceptors (Lipinski definition) is 2. The first-order valence-electron chi connectivity index (χ1n) is 9.86. The van der Waals surface area contributed by atoms with E-state index in [1.54, 1.807) is 12.5 Å². The van der Waals surface area contributed by atoms with Crippen molar-refractivity contribution in [3.63, 3.8) is 0 Å². The number of rotatable bonds is 1. The molecule has 2 saturated carbocycles. The van der Waals surface area contributed by atoms with Gasteiger partial charge in [0.15, 0.2) is 5.78 Å². The molecule has 4 aliphatic rings. The second-order valence-electron chi connectivity index (χ2n) is 9.52. The van der Waals surface area contributed by atoms with Crippen LogP contribution >= 0.6 is 0 Å². The molecule has 4 rings (SSSR count). The Hall–Kier alpha value is -0.890. The number of allylic oxidation sites excluding steroid dienone is 3. The van der Waals surface area contributed by atoms with Crippen molar-refractivity contribution in [3.05, 3.63) is 22.8 Å². The van der Waals surface area contributed by atoms with Crippen LogP contribution in [0.1, 0.15) is 72.6 Å². The van der Waals surface area contributed by atoms with Crippen LogP contribution in [0.3, 0.4) is 0 Å². The Bertz CT molecular complexity index is 642. The van der Waals surface area contributed by atoms with Crippen LogP contribution in [0.4, 0.5) is 0 Å². The molecule has 0 spiro atoms. The predicted octanol–water partition coefficient (Wildman–Crippen LogP) is 4.83. The van der Waals surface area contributed by atoms with Crippen molar-refractivity contribution >= 4 is 5.78 Å². The molecule has 0 aromatic carbocycles. The van der Waals surface area contributed by atoms with E-state index in [2.05, 4.69) is 26.8 Å². The van der Waals surface area contributed by atoms with Crippen LogP contribution in [0.25, 0.3) is 0 Å². The summed E-state index contributed by atoms with van der Waals surface area (Å²) in [4.78, 5) is 12.2. The van der Waals surface area contributed by atoms with Gasteiger partial charge in [-0.2, -0.15) is 0 Å². The van der Waals surface area contributed by atoms with E-state index in [-0.39, 0.29) is 22.7 Å². The highest BCUT2D eigenvalue weighted by atomic mass is 16.3. The van der Waals surface area contributed by atoms with Crippen molar-refractivity contribution in [1.29, 1.82) is 0 Å². The fourth-order valence-electron chi connectivity index (χ4n) is 7.21. The van der Waals surface area contributed by atoms with Gasteiger partial charge in [0.1, 0.15) is 0 Å². The zero-order chi connectivity index (χ0) is 17.3. The van der Waals surface area contributed by atoms with Crippen LogP contribution in [0.5, 0.6) is 0 Å². The van der Waals surface area contributed by atoms with E-state index < -0.39 is 0 Å². The second kappa shape index (κ2) is 5.30. The molecule has 0 amide bonds. The molecule has 4 aliphatic carbocycles. The Morgan fingerprint density at radius 1 is 1.12 bits per heavy atom. The van der Waals surface area contributed by atoms with Crippen molar-refractivity contribution in [2.45, 2.75) is 78.7 Å². The molecular weight excluding hydrogens is 296 g/mol. The quantitative estimate of drug-likeness (QED) is 0.700. The van der Waals surface area contributed by atoms with Crippen LogP contribution in [0.15, 0.2) is 22.8 Å². The molecule has 0 bridgehead atoms. The Morgan fingerprint density at radius 3 is 2.54 bits per heavy atom. The highest BCUT2D eigenvalue weighted by Gasteiger charge is 2.57. The third-order valence-corrected chi connectivity index (χ3v) is 8.40. The molecule has 132 valence electrons. The number of fused-ring (bicyclic) bond motifs is 5. The maximum atomic E-state index is 12.2. The summed E-state index contributed by atoms with van der Waals surface area (Å²) in [5.41, 5.74) is 4.62. The molecule has 0 aromatic heterocycles. The van der Waals surface area contributed by atoms with Gasteiger partial charge in [-0.3, -0.25) is 4.79 Å². The lowest BCUT2D eigenvalue weighted by atomic mass is 9.46.